The van der Waals surface area contributed by atoms with Gasteiger partial charge in [0.15, 0.2) is 0 Å². The van der Waals surface area contributed by atoms with E-state index >= 15 is 0 Å². The molecular weight excluding hydrogens is 302 g/mol. The van der Waals surface area contributed by atoms with Crippen molar-refractivity contribution in [2.24, 2.45) is 0 Å². The minimum Gasteiger partial charge on any atom is -0.489 e. The highest BCUT2D eigenvalue weighted by Gasteiger charge is 2.25. The van der Waals surface area contributed by atoms with E-state index in [1.807, 2.05) is 41.3 Å². The van der Waals surface area contributed by atoms with E-state index < -0.39 is 0 Å². The number of piperazine rings is 1. The van der Waals surface area contributed by atoms with Gasteiger partial charge in [0, 0.05) is 48.7 Å². The van der Waals surface area contributed by atoms with Crippen molar-refractivity contribution in [3.05, 3.63) is 59.9 Å². The summed E-state index contributed by atoms with van der Waals surface area (Å²) in [6, 6.07) is 11.9. The van der Waals surface area contributed by atoms with Crippen LogP contribution < -0.4 is 10.1 Å². The second kappa shape index (κ2) is 7.45. The second-order valence-corrected chi connectivity index (χ2v) is 6.36. The van der Waals surface area contributed by atoms with Crippen molar-refractivity contribution in [1.82, 2.24) is 15.2 Å². The highest BCUT2D eigenvalue weighted by Crippen LogP contribution is 2.18. The molecule has 5 nitrogen and oxygen atoms in total. The molecule has 1 aliphatic heterocycles. The van der Waals surface area contributed by atoms with Gasteiger partial charge in [-0.2, -0.15) is 0 Å². The number of nitrogens with one attached hydrogen (secondary N) is 1. The molecule has 1 amide bonds. The number of carbonyl (C=O) groups is 1. The summed E-state index contributed by atoms with van der Waals surface area (Å²) >= 11 is 0. The van der Waals surface area contributed by atoms with Crippen LogP contribution in [-0.4, -0.2) is 41.0 Å². The van der Waals surface area contributed by atoms with Crippen molar-refractivity contribution >= 4 is 5.91 Å². The normalized spacial score (nSPS) is 20.7. The Morgan fingerprint density at radius 1 is 1.25 bits per heavy atom. The zero-order chi connectivity index (χ0) is 16.9. The standard InChI is InChI=1S/C19H23N3O2/c1-14-11-22(12-15(2)21-14)19(23)17-6-3-7-18(9-17)24-13-16-5-4-8-20-10-16/h3-10,14-15,21H,11-13H2,1-2H3/t14-,15-/m0/s1. The number of benzene rings is 1. The maximum Gasteiger partial charge on any atom is 0.254 e. The van der Waals surface area contributed by atoms with Crippen LogP contribution in [-0.2, 0) is 6.61 Å². The molecule has 0 bridgehead atoms. The first-order valence-corrected chi connectivity index (χ1v) is 8.29. The Balaban J connectivity index is 1.67. The van der Waals surface area contributed by atoms with E-state index in [-0.39, 0.29) is 5.91 Å². The lowest BCUT2D eigenvalue weighted by molar-refractivity contribution is 0.0673. The summed E-state index contributed by atoms with van der Waals surface area (Å²) in [5.74, 6) is 0.753. The molecule has 3 rings (SSSR count). The first-order chi connectivity index (χ1) is 11.6. The van der Waals surface area contributed by atoms with Crippen LogP contribution in [0.5, 0.6) is 5.75 Å². The van der Waals surface area contributed by atoms with Gasteiger partial charge in [-0.05, 0) is 38.1 Å². The number of amides is 1. The Morgan fingerprint density at radius 2 is 2.04 bits per heavy atom. The minimum absolute atomic E-state index is 0.0574. The van der Waals surface area contributed by atoms with Gasteiger partial charge in [-0.15, -0.1) is 0 Å². The Bertz CT molecular complexity index is 680. The predicted molar refractivity (Wildman–Crippen MR) is 93.0 cm³/mol. The molecule has 1 aromatic heterocycles. The third-order valence-corrected chi connectivity index (χ3v) is 4.05. The lowest BCUT2D eigenvalue weighted by Gasteiger charge is -2.36. The molecule has 5 heteroatoms. The van der Waals surface area contributed by atoms with Crippen LogP contribution in [0.2, 0.25) is 0 Å². The van der Waals surface area contributed by atoms with E-state index in [0.29, 0.717) is 30.0 Å². The molecule has 24 heavy (non-hydrogen) atoms. The van der Waals surface area contributed by atoms with Gasteiger partial charge in [-0.3, -0.25) is 9.78 Å². The van der Waals surface area contributed by atoms with Gasteiger partial charge in [0.05, 0.1) is 0 Å². The Morgan fingerprint density at radius 3 is 2.75 bits per heavy atom. The molecule has 0 radical (unpaired) electrons. The molecule has 0 saturated carbocycles. The zero-order valence-corrected chi connectivity index (χ0v) is 14.1. The van der Waals surface area contributed by atoms with Crippen LogP contribution >= 0.6 is 0 Å². The molecule has 0 spiro atoms. The predicted octanol–water partition coefficient (Wildman–Crippen LogP) is 2.48. The SMILES string of the molecule is C[C@H]1CN(C(=O)c2cccc(OCc3cccnc3)c2)C[C@H](C)N1. The summed E-state index contributed by atoms with van der Waals surface area (Å²) in [6.07, 6.45) is 3.51. The summed E-state index contributed by atoms with van der Waals surface area (Å²) in [6.45, 7) is 6.09. The van der Waals surface area contributed by atoms with Gasteiger partial charge in [-0.1, -0.05) is 12.1 Å². The van der Waals surface area contributed by atoms with E-state index in [1.54, 1.807) is 12.4 Å². The van der Waals surface area contributed by atoms with E-state index in [9.17, 15) is 4.79 Å². The van der Waals surface area contributed by atoms with Crippen LogP contribution in [0.15, 0.2) is 48.8 Å². The van der Waals surface area contributed by atoms with Crippen LogP contribution in [0.4, 0.5) is 0 Å². The summed E-state index contributed by atoms with van der Waals surface area (Å²) < 4.78 is 5.79. The molecule has 1 fully saturated rings. The van der Waals surface area contributed by atoms with E-state index in [4.69, 9.17) is 4.74 Å². The monoisotopic (exact) mass is 325 g/mol. The number of hydrogen-bond acceptors (Lipinski definition) is 4. The second-order valence-electron chi connectivity index (χ2n) is 6.36. The molecule has 0 unspecified atom stereocenters. The smallest absolute Gasteiger partial charge is 0.254 e. The third kappa shape index (κ3) is 4.11. The molecule has 2 atom stereocenters. The molecule has 1 saturated heterocycles. The molecule has 2 heterocycles. The number of carbonyl (C=O) groups excluding carboxylic acids is 1. The van der Waals surface area contributed by atoms with Crippen LogP contribution in [0, 0.1) is 0 Å². The number of aromatic nitrogens is 1. The Kier molecular flexibility index (Phi) is 5.11. The maximum atomic E-state index is 12.7. The lowest BCUT2D eigenvalue weighted by atomic mass is 10.1. The van der Waals surface area contributed by atoms with Gasteiger partial charge in [0.1, 0.15) is 12.4 Å². The fraction of sp³-hybridized carbons (Fsp3) is 0.368. The van der Waals surface area contributed by atoms with E-state index in [2.05, 4.69) is 24.1 Å². The summed E-state index contributed by atoms with van der Waals surface area (Å²) in [5, 5.41) is 3.44. The average Bonchev–Trinajstić information content (AvgIpc) is 2.59. The quantitative estimate of drug-likeness (QED) is 0.938. The van der Waals surface area contributed by atoms with Gasteiger partial charge >= 0.3 is 0 Å². The van der Waals surface area contributed by atoms with Crippen molar-refractivity contribution < 1.29 is 9.53 Å². The number of pyridine rings is 1. The number of rotatable bonds is 4. The molecular formula is C19H23N3O2. The van der Waals surface area contributed by atoms with Gasteiger partial charge < -0.3 is 15.0 Å². The average molecular weight is 325 g/mol. The number of nitrogens with zero attached hydrogens (tertiary/aromatic N) is 2. The molecule has 126 valence electrons. The molecule has 0 aliphatic carbocycles. The number of ether oxygens (including phenoxy) is 1. The summed E-state index contributed by atoms with van der Waals surface area (Å²) in [5.41, 5.74) is 1.67. The fourth-order valence-corrected chi connectivity index (χ4v) is 3.04. The van der Waals surface area contributed by atoms with E-state index in [1.165, 1.54) is 0 Å². The molecule has 1 aliphatic rings. The fourth-order valence-electron chi connectivity index (χ4n) is 3.04. The largest absolute Gasteiger partial charge is 0.489 e. The van der Waals surface area contributed by atoms with E-state index in [0.717, 1.165) is 18.7 Å². The van der Waals surface area contributed by atoms with Crippen molar-refractivity contribution in [2.75, 3.05) is 13.1 Å². The van der Waals surface area contributed by atoms with Gasteiger partial charge in [0.25, 0.3) is 5.91 Å². The molecule has 2 aromatic rings. The van der Waals surface area contributed by atoms with Gasteiger partial charge in [-0.25, -0.2) is 0 Å². The van der Waals surface area contributed by atoms with Crippen molar-refractivity contribution in [2.45, 2.75) is 32.5 Å². The topological polar surface area (TPSA) is 54.5 Å². The Labute approximate surface area is 142 Å². The van der Waals surface area contributed by atoms with Crippen LogP contribution in [0.1, 0.15) is 29.8 Å². The van der Waals surface area contributed by atoms with Crippen molar-refractivity contribution in [3.63, 3.8) is 0 Å². The highest BCUT2D eigenvalue weighted by molar-refractivity contribution is 5.94. The first-order valence-electron chi connectivity index (χ1n) is 8.29. The summed E-state index contributed by atoms with van der Waals surface area (Å²) in [4.78, 5) is 18.7. The molecule has 1 N–H and O–H groups in total. The van der Waals surface area contributed by atoms with Gasteiger partial charge in [0.2, 0.25) is 0 Å². The van der Waals surface area contributed by atoms with Crippen LogP contribution in [0.3, 0.4) is 0 Å². The van der Waals surface area contributed by atoms with Crippen molar-refractivity contribution in [3.8, 4) is 5.75 Å². The minimum atomic E-state index is 0.0574. The third-order valence-electron chi connectivity index (χ3n) is 4.05. The Hall–Kier alpha value is -2.40. The maximum absolute atomic E-state index is 12.7. The summed E-state index contributed by atoms with van der Waals surface area (Å²) in [7, 11) is 0. The number of hydrogen-bond donors (Lipinski definition) is 1. The lowest BCUT2D eigenvalue weighted by Crippen LogP contribution is -2.55. The zero-order valence-electron chi connectivity index (χ0n) is 14.1. The van der Waals surface area contributed by atoms with Crippen molar-refractivity contribution in [1.29, 1.82) is 0 Å². The van der Waals surface area contributed by atoms with Crippen LogP contribution in [0.25, 0.3) is 0 Å². The first kappa shape index (κ1) is 16.5. The molecule has 1 aromatic carbocycles. The highest BCUT2D eigenvalue weighted by atomic mass is 16.5.